The molecule has 0 aliphatic carbocycles. The van der Waals surface area contributed by atoms with Gasteiger partial charge in [0.15, 0.2) is 0 Å². The number of benzene rings is 2. The molecule has 2 aromatic carbocycles. The first-order valence-corrected chi connectivity index (χ1v) is 12.2. The molecule has 0 heterocycles. The van der Waals surface area contributed by atoms with Gasteiger partial charge in [-0.2, -0.15) is 5.26 Å². The molecule has 10 heteroatoms. The summed E-state index contributed by atoms with van der Waals surface area (Å²) in [5, 5.41) is 14.8. The molecule has 0 aliphatic heterocycles. The molecule has 2 atom stereocenters. The Morgan fingerprint density at radius 2 is 1.71 bits per heavy atom. The summed E-state index contributed by atoms with van der Waals surface area (Å²) in [6.07, 6.45) is -1.49. The molecule has 0 spiro atoms. The molecule has 2 aromatic rings. The molecule has 0 radical (unpaired) electrons. The Kier molecular flexibility index (Phi) is 10.4. The van der Waals surface area contributed by atoms with E-state index in [1.54, 1.807) is 32.9 Å². The minimum absolute atomic E-state index is 0.191. The summed E-state index contributed by atoms with van der Waals surface area (Å²) >= 11 is 0. The number of nitrogens with one attached hydrogen (secondary N) is 2. The Labute approximate surface area is 223 Å². The second kappa shape index (κ2) is 13.2. The Balaban J connectivity index is 2.48. The van der Waals surface area contributed by atoms with Crippen molar-refractivity contribution in [2.24, 2.45) is 5.73 Å². The third-order valence-electron chi connectivity index (χ3n) is 5.63. The molecule has 4 N–H and O–H groups in total. The lowest BCUT2D eigenvalue weighted by Gasteiger charge is -2.33. The predicted molar refractivity (Wildman–Crippen MR) is 141 cm³/mol. The zero-order valence-corrected chi connectivity index (χ0v) is 22.4. The smallest absolute Gasteiger partial charge is 0.408 e. The van der Waals surface area contributed by atoms with E-state index in [0.717, 1.165) is 21.6 Å². The van der Waals surface area contributed by atoms with E-state index in [0.29, 0.717) is 5.56 Å². The van der Waals surface area contributed by atoms with E-state index in [9.17, 15) is 24.4 Å². The van der Waals surface area contributed by atoms with Crippen molar-refractivity contribution in [3.8, 4) is 6.07 Å². The van der Waals surface area contributed by atoms with Crippen LogP contribution in [0.3, 0.4) is 0 Å². The highest BCUT2D eigenvalue weighted by Gasteiger charge is 2.37. The summed E-state index contributed by atoms with van der Waals surface area (Å²) < 4.78 is 5.23. The SMILES string of the molecule is Cc1ccc(C(C(=O)NCc2ccccc2)N(CC#N)C(=O)C(CC(N)=O)NC(=O)OC(C)(C)C)cc1C. The normalized spacial score (nSPS) is 12.4. The minimum atomic E-state index is -1.45. The molecule has 0 saturated carbocycles. The molecule has 10 nitrogen and oxygen atoms in total. The van der Waals surface area contributed by atoms with E-state index in [-0.39, 0.29) is 6.54 Å². The fourth-order valence-corrected chi connectivity index (χ4v) is 3.71. The number of hydrogen-bond donors (Lipinski definition) is 3. The van der Waals surface area contributed by atoms with Gasteiger partial charge in [0.05, 0.1) is 12.5 Å². The molecule has 0 saturated heterocycles. The fourth-order valence-electron chi connectivity index (χ4n) is 3.71. The molecule has 0 fully saturated rings. The van der Waals surface area contributed by atoms with Gasteiger partial charge < -0.3 is 26.0 Å². The average molecular weight is 522 g/mol. The third-order valence-corrected chi connectivity index (χ3v) is 5.63. The number of nitrogens with two attached hydrogens (primary N) is 1. The lowest BCUT2D eigenvalue weighted by molar-refractivity contribution is -0.142. The highest BCUT2D eigenvalue weighted by Crippen LogP contribution is 2.25. The highest BCUT2D eigenvalue weighted by atomic mass is 16.6. The maximum atomic E-state index is 13.7. The van der Waals surface area contributed by atoms with Crippen molar-refractivity contribution >= 4 is 23.8 Å². The topological polar surface area (TPSA) is 155 Å². The van der Waals surface area contributed by atoms with Gasteiger partial charge in [-0.1, -0.05) is 48.5 Å². The van der Waals surface area contributed by atoms with Crippen molar-refractivity contribution in [3.63, 3.8) is 0 Å². The number of carbonyl (C=O) groups excluding carboxylic acids is 4. The number of amides is 4. The third kappa shape index (κ3) is 8.92. The summed E-state index contributed by atoms with van der Waals surface area (Å²) in [6, 6.07) is 13.8. The van der Waals surface area contributed by atoms with Crippen molar-refractivity contribution in [2.45, 2.75) is 65.3 Å². The maximum absolute atomic E-state index is 13.7. The molecule has 0 aromatic heterocycles. The van der Waals surface area contributed by atoms with Crippen LogP contribution in [0.4, 0.5) is 4.79 Å². The molecule has 0 aliphatic rings. The van der Waals surface area contributed by atoms with Gasteiger partial charge in [-0.15, -0.1) is 0 Å². The number of hydrogen-bond acceptors (Lipinski definition) is 6. The Hall–Kier alpha value is -4.39. The number of nitriles is 1. The highest BCUT2D eigenvalue weighted by molar-refractivity contribution is 5.94. The second-order valence-corrected chi connectivity index (χ2v) is 9.94. The van der Waals surface area contributed by atoms with Crippen LogP contribution >= 0.6 is 0 Å². The largest absolute Gasteiger partial charge is 0.444 e. The lowest BCUT2D eigenvalue weighted by atomic mass is 9.98. The maximum Gasteiger partial charge on any atom is 0.408 e. The summed E-state index contributed by atoms with van der Waals surface area (Å²) in [5.41, 5.74) is 7.67. The number of rotatable bonds is 10. The van der Waals surface area contributed by atoms with Gasteiger partial charge in [0, 0.05) is 6.54 Å². The van der Waals surface area contributed by atoms with E-state index < -0.39 is 54.5 Å². The fraction of sp³-hybridized carbons (Fsp3) is 0.393. The van der Waals surface area contributed by atoms with Gasteiger partial charge in [-0.05, 0) is 56.9 Å². The number of alkyl carbamates (subject to hydrolysis) is 1. The first-order valence-electron chi connectivity index (χ1n) is 12.2. The Morgan fingerprint density at radius 3 is 2.26 bits per heavy atom. The minimum Gasteiger partial charge on any atom is -0.444 e. The van der Waals surface area contributed by atoms with Crippen LogP contribution in [0.5, 0.6) is 0 Å². The molecule has 2 rings (SSSR count). The van der Waals surface area contributed by atoms with Crippen molar-refractivity contribution < 1.29 is 23.9 Å². The van der Waals surface area contributed by atoms with E-state index in [4.69, 9.17) is 10.5 Å². The van der Waals surface area contributed by atoms with Crippen LogP contribution in [0, 0.1) is 25.2 Å². The van der Waals surface area contributed by atoms with E-state index in [1.165, 1.54) is 0 Å². The van der Waals surface area contributed by atoms with Crippen molar-refractivity contribution in [2.75, 3.05) is 6.54 Å². The summed E-state index contributed by atoms with van der Waals surface area (Å²) in [5.74, 6) is -2.21. The van der Waals surface area contributed by atoms with Crippen LogP contribution < -0.4 is 16.4 Å². The molecule has 0 bridgehead atoms. The number of ether oxygens (including phenoxy) is 1. The van der Waals surface area contributed by atoms with Gasteiger partial charge in [0.1, 0.15) is 24.2 Å². The molecular weight excluding hydrogens is 486 g/mol. The average Bonchev–Trinajstić information content (AvgIpc) is 2.83. The second-order valence-electron chi connectivity index (χ2n) is 9.94. The number of aryl methyl sites for hydroxylation is 2. The molecular formula is C28H35N5O5. The summed E-state index contributed by atoms with van der Waals surface area (Å²) in [7, 11) is 0. The van der Waals surface area contributed by atoms with Gasteiger partial charge in [-0.25, -0.2) is 4.79 Å². The van der Waals surface area contributed by atoms with Gasteiger partial charge in [0.2, 0.25) is 17.7 Å². The first-order chi connectivity index (χ1) is 17.8. The predicted octanol–water partition coefficient (Wildman–Crippen LogP) is 2.78. The van der Waals surface area contributed by atoms with Crippen molar-refractivity contribution in [1.29, 1.82) is 5.26 Å². The molecule has 2 unspecified atom stereocenters. The summed E-state index contributed by atoms with van der Waals surface area (Å²) in [4.78, 5) is 52.6. The van der Waals surface area contributed by atoms with E-state index in [2.05, 4.69) is 10.6 Å². The lowest BCUT2D eigenvalue weighted by Crippen LogP contribution is -2.54. The van der Waals surface area contributed by atoms with Crippen LogP contribution in [0.25, 0.3) is 0 Å². The van der Waals surface area contributed by atoms with Crippen LogP contribution in [0.15, 0.2) is 48.5 Å². The number of carbonyl (C=O) groups is 4. The van der Waals surface area contributed by atoms with Crippen LogP contribution in [-0.4, -0.2) is 46.9 Å². The molecule has 202 valence electrons. The number of nitrogens with zero attached hydrogens (tertiary/aromatic N) is 2. The first kappa shape index (κ1) is 29.8. The van der Waals surface area contributed by atoms with Gasteiger partial charge in [0.25, 0.3) is 0 Å². The Morgan fingerprint density at radius 1 is 1.05 bits per heavy atom. The molecule has 38 heavy (non-hydrogen) atoms. The van der Waals surface area contributed by atoms with Crippen LogP contribution in [0.1, 0.15) is 55.5 Å². The van der Waals surface area contributed by atoms with Crippen LogP contribution in [0.2, 0.25) is 0 Å². The molecule has 4 amide bonds. The van der Waals surface area contributed by atoms with Gasteiger partial charge in [-0.3, -0.25) is 14.4 Å². The Bertz CT molecular complexity index is 1200. The number of primary amides is 1. The summed E-state index contributed by atoms with van der Waals surface area (Å²) in [6.45, 7) is 8.42. The quantitative estimate of drug-likeness (QED) is 0.409. The van der Waals surface area contributed by atoms with Crippen LogP contribution in [-0.2, 0) is 25.7 Å². The van der Waals surface area contributed by atoms with Crippen molar-refractivity contribution in [3.05, 3.63) is 70.8 Å². The van der Waals surface area contributed by atoms with Crippen molar-refractivity contribution in [1.82, 2.24) is 15.5 Å². The zero-order valence-electron chi connectivity index (χ0n) is 22.4. The standard InChI is InChI=1S/C28H35N5O5/c1-18-11-12-21(15-19(18)2)24(25(35)31-17-20-9-7-6-8-10-20)33(14-13-29)26(36)22(16-23(30)34)32-27(37)38-28(3,4)5/h6-12,15,22,24H,14,16-17H2,1-5H3,(H2,30,34)(H,31,35)(H,32,37). The monoisotopic (exact) mass is 521 g/mol. The van der Waals surface area contributed by atoms with Gasteiger partial charge >= 0.3 is 6.09 Å². The zero-order chi connectivity index (χ0) is 28.5. The van der Waals surface area contributed by atoms with E-state index in [1.807, 2.05) is 56.3 Å². The van der Waals surface area contributed by atoms with E-state index >= 15 is 0 Å².